The number of nitrogens with zero attached hydrogens (tertiary/aromatic N) is 1. The van der Waals surface area contributed by atoms with E-state index in [1.54, 1.807) is 0 Å². The number of nitrogens with one attached hydrogen (secondary N) is 1. The van der Waals surface area contributed by atoms with E-state index in [4.69, 9.17) is 4.74 Å². The first kappa shape index (κ1) is 12.3. The van der Waals surface area contributed by atoms with Crippen LogP contribution < -0.4 is 5.32 Å². The summed E-state index contributed by atoms with van der Waals surface area (Å²) in [4.78, 5) is 2.60. The van der Waals surface area contributed by atoms with Gasteiger partial charge in [-0.1, -0.05) is 0 Å². The molecule has 0 aromatic rings. The highest BCUT2D eigenvalue weighted by Crippen LogP contribution is 2.19. The molecule has 2 aliphatic rings. The van der Waals surface area contributed by atoms with E-state index < -0.39 is 0 Å². The first-order valence-electron chi connectivity index (χ1n) is 6.82. The number of rotatable bonds is 4. The Morgan fingerprint density at radius 3 is 2.69 bits per heavy atom. The maximum Gasteiger partial charge on any atom is 0.0717 e. The highest BCUT2D eigenvalue weighted by atomic mass is 16.5. The van der Waals surface area contributed by atoms with E-state index in [1.807, 2.05) is 0 Å². The van der Waals surface area contributed by atoms with Crippen molar-refractivity contribution < 1.29 is 4.74 Å². The van der Waals surface area contributed by atoms with E-state index in [2.05, 4.69) is 24.1 Å². The van der Waals surface area contributed by atoms with Crippen LogP contribution in [0.3, 0.4) is 0 Å². The lowest BCUT2D eigenvalue weighted by Gasteiger charge is -2.27. The molecule has 0 aliphatic carbocycles. The summed E-state index contributed by atoms with van der Waals surface area (Å²) in [6, 6.07) is 0. The minimum atomic E-state index is 0.379. The van der Waals surface area contributed by atoms with Gasteiger partial charge in [-0.25, -0.2) is 0 Å². The van der Waals surface area contributed by atoms with Gasteiger partial charge in [-0.05, 0) is 52.1 Å². The third kappa shape index (κ3) is 3.72. The van der Waals surface area contributed by atoms with Gasteiger partial charge in [0, 0.05) is 19.6 Å². The lowest BCUT2D eigenvalue weighted by molar-refractivity contribution is 0.0131. The van der Waals surface area contributed by atoms with Crippen LogP contribution in [0.1, 0.15) is 33.1 Å². The Balaban J connectivity index is 1.67. The third-order valence-corrected chi connectivity index (χ3v) is 3.67. The van der Waals surface area contributed by atoms with Crippen LogP contribution in [0.5, 0.6) is 0 Å². The van der Waals surface area contributed by atoms with E-state index in [0.717, 1.165) is 12.5 Å². The zero-order valence-corrected chi connectivity index (χ0v) is 10.7. The molecule has 2 heterocycles. The second-order valence-electron chi connectivity index (χ2n) is 5.55. The summed E-state index contributed by atoms with van der Waals surface area (Å²) in [7, 11) is 0. The summed E-state index contributed by atoms with van der Waals surface area (Å²) in [5.41, 5.74) is 0. The smallest absolute Gasteiger partial charge is 0.0717 e. The van der Waals surface area contributed by atoms with Gasteiger partial charge in [-0.2, -0.15) is 0 Å². The van der Waals surface area contributed by atoms with Crippen molar-refractivity contribution in [2.45, 2.75) is 45.3 Å². The van der Waals surface area contributed by atoms with Crippen molar-refractivity contribution in [3.05, 3.63) is 0 Å². The molecule has 0 aromatic heterocycles. The second-order valence-corrected chi connectivity index (χ2v) is 5.55. The normalized spacial score (nSPS) is 29.1. The standard InChI is InChI=1S/C13H26N2O/c1-11(2)16-13-5-8-15(10-13)9-12-3-6-14-7-4-12/h11-14H,3-10H2,1-2H3. The van der Waals surface area contributed by atoms with Gasteiger partial charge in [0.15, 0.2) is 0 Å². The van der Waals surface area contributed by atoms with Crippen molar-refractivity contribution >= 4 is 0 Å². The van der Waals surface area contributed by atoms with Crippen molar-refractivity contribution in [2.75, 3.05) is 32.7 Å². The van der Waals surface area contributed by atoms with Crippen molar-refractivity contribution in [3.63, 3.8) is 0 Å². The molecule has 3 heteroatoms. The molecule has 0 radical (unpaired) electrons. The first-order chi connectivity index (χ1) is 7.74. The Bertz CT molecular complexity index is 202. The molecule has 0 spiro atoms. The first-order valence-corrected chi connectivity index (χ1v) is 6.82. The van der Waals surface area contributed by atoms with Crippen LogP contribution in [-0.2, 0) is 4.74 Å². The SMILES string of the molecule is CC(C)OC1CCN(CC2CCNCC2)C1. The maximum absolute atomic E-state index is 5.88. The average Bonchev–Trinajstić information content (AvgIpc) is 2.66. The molecule has 3 nitrogen and oxygen atoms in total. The molecule has 2 aliphatic heterocycles. The van der Waals surface area contributed by atoms with Crippen molar-refractivity contribution in [1.82, 2.24) is 10.2 Å². The average molecular weight is 226 g/mol. The summed E-state index contributed by atoms with van der Waals surface area (Å²) in [6.45, 7) is 10.4. The molecule has 0 bridgehead atoms. The summed E-state index contributed by atoms with van der Waals surface area (Å²) in [5.74, 6) is 0.916. The fraction of sp³-hybridized carbons (Fsp3) is 1.00. The van der Waals surface area contributed by atoms with Gasteiger partial charge in [0.1, 0.15) is 0 Å². The molecule has 16 heavy (non-hydrogen) atoms. The van der Waals surface area contributed by atoms with Gasteiger partial charge in [0.25, 0.3) is 0 Å². The minimum Gasteiger partial charge on any atom is -0.374 e. The van der Waals surface area contributed by atoms with Gasteiger partial charge < -0.3 is 15.0 Å². The highest BCUT2D eigenvalue weighted by Gasteiger charge is 2.26. The van der Waals surface area contributed by atoms with Crippen LogP contribution in [-0.4, -0.2) is 49.8 Å². The third-order valence-electron chi connectivity index (χ3n) is 3.67. The lowest BCUT2D eigenvalue weighted by atomic mass is 9.98. The van der Waals surface area contributed by atoms with E-state index in [-0.39, 0.29) is 0 Å². The van der Waals surface area contributed by atoms with Gasteiger partial charge in [0.2, 0.25) is 0 Å². The fourth-order valence-electron chi connectivity index (χ4n) is 2.89. The molecule has 1 N–H and O–H groups in total. The van der Waals surface area contributed by atoms with Crippen LogP contribution in [0.2, 0.25) is 0 Å². The molecule has 1 unspecified atom stereocenters. The number of hydrogen-bond donors (Lipinski definition) is 1. The van der Waals surface area contributed by atoms with Crippen LogP contribution in [0, 0.1) is 5.92 Å². The highest BCUT2D eigenvalue weighted by molar-refractivity contribution is 4.80. The number of piperidine rings is 1. The maximum atomic E-state index is 5.88. The Morgan fingerprint density at radius 1 is 1.25 bits per heavy atom. The van der Waals surface area contributed by atoms with E-state index in [0.29, 0.717) is 12.2 Å². The fourth-order valence-corrected chi connectivity index (χ4v) is 2.89. The number of ether oxygens (including phenoxy) is 1. The van der Waals surface area contributed by atoms with Crippen molar-refractivity contribution in [1.29, 1.82) is 0 Å². The topological polar surface area (TPSA) is 24.5 Å². The van der Waals surface area contributed by atoms with Crippen LogP contribution in [0.25, 0.3) is 0 Å². The van der Waals surface area contributed by atoms with E-state index in [1.165, 1.54) is 45.4 Å². The predicted molar refractivity (Wildman–Crippen MR) is 66.7 cm³/mol. The molecule has 2 fully saturated rings. The Hall–Kier alpha value is -0.120. The van der Waals surface area contributed by atoms with Crippen LogP contribution in [0.4, 0.5) is 0 Å². The summed E-state index contributed by atoms with van der Waals surface area (Å²) in [5, 5.41) is 3.43. The Kier molecular flexibility index (Phi) is 4.62. The summed E-state index contributed by atoms with van der Waals surface area (Å²) in [6.07, 6.45) is 4.80. The molecule has 1 atom stereocenters. The Labute approximate surface area is 99.5 Å². The lowest BCUT2D eigenvalue weighted by Crippen LogP contribution is -2.35. The van der Waals surface area contributed by atoms with E-state index in [9.17, 15) is 0 Å². The zero-order chi connectivity index (χ0) is 11.4. The van der Waals surface area contributed by atoms with E-state index >= 15 is 0 Å². The molecule has 0 amide bonds. The predicted octanol–water partition coefficient (Wildman–Crippen LogP) is 1.49. The molecule has 94 valence electrons. The van der Waals surface area contributed by atoms with Crippen molar-refractivity contribution in [2.24, 2.45) is 5.92 Å². The molecular formula is C13H26N2O. The summed E-state index contributed by atoms with van der Waals surface area (Å²) < 4.78 is 5.88. The second kappa shape index (κ2) is 5.99. The molecule has 2 rings (SSSR count). The number of hydrogen-bond acceptors (Lipinski definition) is 3. The van der Waals surface area contributed by atoms with Gasteiger partial charge in [-0.3, -0.25) is 0 Å². The van der Waals surface area contributed by atoms with Gasteiger partial charge in [0.05, 0.1) is 12.2 Å². The molecular weight excluding hydrogens is 200 g/mol. The Morgan fingerprint density at radius 2 is 2.00 bits per heavy atom. The van der Waals surface area contributed by atoms with Gasteiger partial charge >= 0.3 is 0 Å². The van der Waals surface area contributed by atoms with Crippen LogP contribution in [0.15, 0.2) is 0 Å². The largest absolute Gasteiger partial charge is 0.374 e. The summed E-state index contributed by atoms with van der Waals surface area (Å²) >= 11 is 0. The van der Waals surface area contributed by atoms with Crippen molar-refractivity contribution in [3.8, 4) is 0 Å². The number of likely N-dealkylation sites (tertiary alicyclic amines) is 1. The molecule has 2 saturated heterocycles. The quantitative estimate of drug-likeness (QED) is 0.786. The monoisotopic (exact) mass is 226 g/mol. The molecule has 0 aromatic carbocycles. The minimum absolute atomic E-state index is 0.379. The van der Waals surface area contributed by atoms with Crippen LogP contribution >= 0.6 is 0 Å². The van der Waals surface area contributed by atoms with Gasteiger partial charge in [-0.15, -0.1) is 0 Å². The zero-order valence-electron chi connectivity index (χ0n) is 10.7. The molecule has 0 saturated carbocycles.